The Hall–Kier alpha value is -1.62. The van der Waals surface area contributed by atoms with E-state index < -0.39 is 43.6 Å². The number of aromatic nitrogens is 5. The highest BCUT2D eigenvalue weighted by atomic mass is 35.5. The molecular weight excluding hydrogens is 580 g/mol. The number of rotatable bonds is 7. The first-order chi connectivity index (χ1) is 17.9. The van der Waals surface area contributed by atoms with Crippen molar-refractivity contribution in [1.29, 1.82) is 0 Å². The number of hydrogen-bond acceptors (Lipinski definition) is 8. The molecule has 1 N–H and O–H groups in total. The fraction of sp³-hybridized carbons (Fsp3) is 0.750. The molecule has 4 rings (SSSR count). The summed E-state index contributed by atoms with van der Waals surface area (Å²) in [6.45, 7) is 5.77. The van der Waals surface area contributed by atoms with E-state index in [0.717, 1.165) is 19.0 Å². The Morgan fingerprint density at radius 1 is 1.18 bits per heavy atom. The molecular formula is C24H31Cl4N5O5. The van der Waals surface area contributed by atoms with Gasteiger partial charge in [-0.1, -0.05) is 55.0 Å². The number of ether oxygens (including phenoxy) is 1. The molecule has 4 atom stereocenters. The summed E-state index contributed by atoms with van der Waals surface area (Å²) in [4.78, 5) is 43.2. The minimum atomic E-state index is -1.74. The van der Waals surface area contributed by atoms with Crippen LogP contribution in [0, 0.1) is 11.8 Å². The minimum Gasteiger partial charge on any atom is -0.464 e. The van der Waals surface area contributed by atoms with Crippen molar-refractivity contribution in [1.82, 2.24) is 24.9 Å². The Labute approximate surface area is 239 Å². The average Bonchev–Trinajstić information content (AvgIpc) is 3.35. The number of halogens is 4. The van der Waals surface area contributed by atoms with E-state index in [1.807, 2.05) is 13.8 Å². The van der Waals surface area contributed by atoms with Gasteiger partial charge < -0.3 is 9.26 Å². The number of carbonyl (C=O) groups is 1. The molecule has 38 heavy (non-hydrogen) atoms. The predicted molar refractivity (Wildman–Crippen MR) is 143 cm³/mol. The monoisotopic (exact) mass is 609 g/mol. The lowest BCUT2D eigenvalue weighted by molar-refractivity contribution is -0.145. The van der Waals surface area contributed by atoms with E-state index in [1.54, 1.807) is 6.92 Å². The summed E-state index contributed by atoms with van der Waals surface area (Å²) in [5.74, 6) is -0.914. The smallest absolute Gasteiger partial charge is 0.345 e. The zero-order valence-electron chi connectivity index (χ0n) is 21.3. The number of esters is 1. The largest absolute Gasteiger partial charge is 0.464 e. The second kappa shape index (κ2) is 11.5. The summed E-state index contributed by atoms with van der Waals surface area (Å²) in [6, 6.07) is -0.372. The third kappa shape index (κ3) is 5.64. The molecule has 14 heteroatoms. The Morgan fingerprint density at radius 2 is 1.84 bits per heavy atom. The molecule has 0 saturated heterocycles. The van der Waals surface area contributed by atoms with Gasteiger partial charge in [0.1, 0.15) is 6.20 Å². The van der Waals surface area contributed by atoms with Crippen molar-refractivity contribution in [2.75, 3.05) is 6.61 Å². The molecule has 4 unspecified atom stereocenters. The van der Waals surface area contributed by atoms with Crippen LogP contribution < -0.4 is 11.2 Å². The zero-order chi connectivity index (χ0) is 27.8. The van der Waals surface area contributed by atoms with Crippen molar-refractivity contribution in [3.63, 3.8) is 0 Å². The van der Waals surface area contributed by atoms with Gasteiger partial charge in [0.05, 0.1) is 12.6 Å². The normalized spacial score (nSPS) is 28.7. The molecule has 2 heterocycles. The Bertz CT molecular complexity index is 1250. The predicted octanol–water partition coefficient (Wildman–Crippen LogP) is 4.47. The highest BCUT2D eigenvalue weighted by Gasteiger charge is 2.52. The maximum atomic E-state index is 12.5. The number of carbonyl (C=O) groups excluding carboxylic acids is 1. The van der Waals surface area contributed by atoms with E-state index in [-0.39, 0.29) is 24.5 Å². The van der Waals surface area contributed by atoms with Crippen LogP contribution in [0.3, 0.4) is 0 Å². The molecule has 0 amide bonds. The quantitative estimate of drug-likeness (QED) is 0.359. The summed E-state index contributed by atoms with van der Waals surface area (Å²) in [7, 11) is 0. The van der Waals surface area contributed by atoms with E-state index in [4.69, 9.17) is 60.6 Å². The summed E-state index contributed by atoms with van der Waals surface area (Å²) in [6.07, 6.45) is 4.96. The van der Waals surface area contributed by atoms with Gasteiger partial charge in [0.25, 0.3) is 5.56 Å². The lowest BCUT2D eigenvalue weighted by Gasteiger charge is -2.43. The van der Waals surface area contributed by atoms with Gasteiger partial charge in [-0.05, 0) is 32.6 Å². The summed E-state index contributed by atoms with van der Waals surface area (Å²) < 4.78 is 10.3. The van der Waals surface area contributed by atoms with Crippen LogP contribution in [0.15, 0.2) is 20.3 Å². The van der Waals surface area contributed by atoms with Gasteiger partial charge in [0.15, 0.2) is 5.82 Å². The fourth-order valence-electron chi connectivity index (χ4n) is 5.90. The van der Waals surface area contributed by atoms with Crippen LogP contribution >= 0.6 is 46.4 Å². The van der Waals surface area contributed by atoms with Gasteiger partial charge in [-0.3, -0.25) is 9.78 Å². The minimum absolute atomic E-state index is 0.171. The lowest BCUT2D eigenvalue weighted by Crippen LogP contribution is -2.48. The molecule has 2 aliphatic rings. The van der Waals surface area contributed by atoms with Crippen LogP contribution in [0.25, 0.3) is 0 Å². The number of alkyl halides is 4. The van der Waals surface area contributed by atoms with E-state index in [9.17, 15) is 14.4 Å². The molecule has 2 saturated carbocycles. The first kappa shape index (κ1) is 29.4. The van der Waals surface area contributed by atoms with Crippen LogP contribution in [-0.4, -0.2) is 52.6 Å². The average molecular weight is 611 g/mol. The molecule has 2 aromatic heterocycles. The summed E-state index contributed by atoms with van der Waals surface area (Å²) in [5.41, 5.74) is -1.86. The topological polar surface area (TPSA) is 133 Å². The Morgan fingerprint density at radius 3 is 2.47 bits per heavy atom. The molecule has 2 aliphatic carbocycles. The van der Waals surface area contributed by atoms with Crippen molar-refractivity contribution < 1.29 is 14.1 Å². The van der Waals surface area contributed by atoms with Crippen LogP contribution in [0.1, 0.15) is 83.0 Å². The number of hydrogen-bond donors (Lipinski definition) is 1. The first-order valence-electron chi connectivity index (χ1n) is 12.7. The molecule has 0 radical (unpaired) electrons. The third-order valence-electron chi connectivity index (χ3n) is 7.81. The van der Waals surface area contributed by atoms with Crippen molar-refractivity contribution >= 4 is 52.4 Å². The molecule has 10 nitrogen and oxygen atoms in total. The number of aromatic amines is 1. The van der Waals surface area contributed by atoms with Crippen molar-refractivity contribution in [3.05, 3.63) is 38.8 Å². The van der Waals surface area contributed by atoms with Crippen molar-refractivity contribution in [2.45, 2.75) is 91.8 Å². The van der Waals surface area contributed by atoms with Gasteiger partial charge in [0.2, 0.25) is 10.2 Å². The first-order valence-corrected chi connectivity index (χ1v) is 14.4. The summed E-state index contributed by atoms with van der Waals surface area (Å²) >= 11 is 26.8. The summed E-state index contributed by atoms with van der Waals surface area (Å²) in [5, 5.41) is 7.37. The van der Waals surface area contributed by atoms with E-state index in [1.165, 1.54) is 4.68 Å². The van der Waals surface area contributed by atoms with Crippen molar-refractivity contribution in [3.8, 4) is 0 Å². The van der Waals surface area contributed by atoms with Crippen LogP contribution in [0.5, 0.6) is 0 Å². The molecule has 2 aromatic rings. The molecule has 2 fully saturated rings. The molecule has 0 bridgehead atoms. The number of nitrogens with one attached hydrogen (secondary N) is 1. The number of H-pyrrole nitrogens is 1. The highest BCUT2D eigenvalue weighted by Crippen LogP contribution is 2.50. The second-order valence-corrected chi connectivity index (χ2v) is 13.1. The van der Waals surface area contributed by atoms with Crippen LogP contribution in [0.4, 0.5) is 0 Å². The maximum absolute atomic E-state index is 12.5. The maximum Gasteiger partial charge on any atom is 0.345 e. The van der Waals surface area contributed by atoms with Gasteiger partial charge in [-0.15, -0.1) is 23.2 Å². The standard InChI is InChI=1S/C24H31Cl4N5O5/c1-4-37-21(35)24(27,28)14-8-6-5-7-13(14)19-31-20(32-38-19)23(2,3)18-15(25)9-12(10-16(18)26)33-22(36)30-17(34)11-29-33/h11-16,18H,4-10H2,1-3H3,(H,30,34,36). The van der Waals surface area contributed by atoms with Gasteiger partial charge in [0, 0.05) is 33.9 Å². The highest BCUT2D eigenvalue weighted by molar-refractivity contribution is 6.57. The molecule has 0 aromatic carbocycles. The second-order valence-electron chi connectivity index (χ2n) is 10.6. The Kier molecular flexibility index (Phi) is 8.86. The van der Waals surface area contributed by atoms with Crippen LogP contribution in [-0.2, 0) is 14.9 Å². The SMILES string of the molecule is CCOC(=O)C(Cl)(Cl)C1CCCCC1c1nc(C(C)(C)C2C(Cl)CC(n3ncc(=O)[nH]c3=O)CC2Cl)no1. The third-order valence-corrected chi connectivity index (χ3v) is 9.57. The van der Waals surface area contributed by atoms with E-state index >= 15 is 0 Å². The van der Waals surface area contributed by atoms with Gasteiger partial charge in [-0.25, -0.2) is 14.3 Å². The Balaban J connectivity index is 1.56. The van der Waals surface area contributed by atoms with Gasteiger partial charge >= 0.3 is 11.7 Å². The number of nitrogens with zero attached hydrogens (tertiary/aromatic N) is 4. The van der Waals surface area contributed by atoms with E-state index in [0.29, 0.717) is 37.4 Å². The zero-order valence-corrected chi connectivity index (χ0v) is 24.4. The molecule has 0 aliphatic heterocycles. The lowest BCUT2D eigenvalue weighted by atomic mass is 9.69. The van der Waals surface area contributed by atoms with Gasteiger partial charge in [-0.2, -0.15) is 10.1 Å². The molecule has 210 valence electrons. The van der Waals surface area contributed by atoms with E-state index in [2.05, 4.69) is 15.2 Å². The van der Waals surface area contributed by atoms with Crippen LogP contribution in [0.2, 0.25) is 0 Å². The van der Waals surface area contributed by atoms with Crippen molar-refractivity contribution in [2.24, 2.45) is 11.8 Å². The fourth-order valence-corrected chi connectivity index (χ4v) is 8.00. The molecule has 0 spiro atoms.